The largest absolute Gasteiger partial charge is 0.462 e. The Morgan fingerprint density at radius 1 is 0.320 bits per heavy atom. The van der Waals surface area contributed by atoms with E-state index < -0.39 is 6.10 Å². The highest BCUT2D eigenvalue weighted by Crippen LogP contribution is 2.18. The number of esters is 2. The van der Waals surface area contributed by atoms with E-state index in [9.17, 15) is 14.7 Å². The summed E-state index contributed by atoms with van der Waals surface area (Å²) in [6.45, 7) is 4.07. The van der Waals surface area contributed by atoms with E-state index in [1.807, 2.05) is 0 Å². The van der Waals surface area contributed by atoms with Gasteiger partial charge >= 0.3 is 11.9 Å². The summed E-state index contributed by atoms with van der Waals surface area (Å²) in [6, 6.07) is 0. The van der Waals surface area contributed by atoms with Crippen LogP contribution in [-0.2, 0) is 19.1 Å². The molecule has 1 atom stereocenters. The fraction of sp³-hybridized carbons (Fsp3) is 0.771. The quantitative estimate of drug-likeness (QED) is 0.0373. The molecule has 0 saturated carbocycles. The number of unbranched alkanes of at least 4 members (excludes halogenated alkanes) is 38. The molecule has 0 aromatic rings. The lowest BCUT2D eigenvalue weighted by molar-refractivity contribution is -0.161. The average molecular weight is 1050 g/mol. The number of ether oxygens (including phenoxy) is 2. The van der Waals surface area contributed by atoms with Gasteiger partial charge in [-0.25, -0.2) is 0 Å². The fourth-order valence-corrected chi connectivity index (χ4v) is 9.60. The van der Waals surface area contributed by atoms with Crippen LogP contribution in [-0.4, -0.2) is 36.4 Å². The maximum absolute atomic E-state index is 12.3. The summed E-state index contributed by atoms with van der Waals surface area (Å²) in [5.74, 6) is -0.578. The van der Waals surface area contributed by atoms with Crippen LogP contribution in [0.1, 0.15) is 328 Å². The standard InChI is InChI=1S/C70H124O5/c1-3-5-7-9-11-13-15-17-19-21-23-25-27-29-31-32-33-34-35-36-37-38-39-41-43-45-47-49-51-53-55-57-59-61-63-65-70(73)75-68(66-71)67-74-69(72)64-62-60-58-56-54-52-50-48-46-44-42-40-30-28-26-24-22-20-18-16-14-12-10-8-6-4-2/h5,7,11,13,17,19,23,25,29,31,33-34,36-37,68,71H,3-4,6,8-10,12,14-16,18,20-22,24,26-28,30,32,35,38-67H2,1-2H3/b7-5-,13-11-,19-17-,25-23-,31-29-,34-33-,37-36-. The number of hydrogen-bond acceptors (Lipinski definition) is 5. The zero-order chi connectivity index (χ0) is 54.1. The Bertz CT molecular complexity index is 1370. The number of aliphatic hydroxyl groups is 1. The summed E-state index contributed by atoms with van der Waals surface area (Å²) in [5, 5.41) is 9.69. The second kappa shape index (κ2) is 65.4. The van der Waals surface area contributed by atoms with Gasteiger partial charge in [-0.3, -0.25) is 9.59 Å². The molecule has 0 aromatic carbocycles. The summed E-state index contributed by atoms with van der Waals surface area (Å²) < 4.78 is 10.7. The summed E-state index contributed by atoms with van der Waals surface area (Å²) in [6.07, 6.45) is 91.6. The first-order valence-corrected chi connectivity index (χ1v) is 32.6. The third kappa shape index (κ3) is 63.5. The normalized spacial score (nSPS) is 12.7. The van der Waals surface area contributed by atoms with Crippen LogP contribution in [0.25, 0.3) is 0 Å². The highest BCUT2D eigenvalue weighted by molar-refractivity contribution is 5.70. The third-order valence-corrected chi connectivity index (χ3v) is 14.5. The summed E-state index contributed by atoms with van der Waals surface area (Å²) in [7, 11) is 0. The van der Waals surface area contributed by atoms with Gasteiger partial charge in [0, 0.05) is 12.8 Å². The molecule has 0 fully saturated rings. The first-order valence-electron chi connectivity index (χ1n) is 32.6. The summed E-state index contributed by atoms with van der Waals surface area (Å²) >= 11 is 0. The van der Waals surface area contributed by atoms with Crippen LogP contribution >= 0.6 is 0 Å². The molecular weight excluding hydrogens is 921 g/mol. The van der Waals surface area contributed by atoms with Crippen molar-refractivity contribution < 1.29 is 24.2 Å². The zero-order valence-electron chi connectivity index (χ0n) is 49.8. The molecular formula is C70H124O5. The molecule has 5 heteroatoms. The summed E-state index contributed by atoms with van der Waals surface area (Å²) in [5.41, 5.74) is 0. The van der Waals surface area contributed by atoms with E-state index in [0.717, 1.165) is 83.5 Å². The number of aliphatic hydroxyl groups excluding tert-OH is 1. The van der Waals surface area contributed by atoms with Crippen molar-refractivity contribution >= 4 is 11.9 Å². The van der Waals surface area contributed by atoms with Gasteiger partial charge in [0.2, 0.25) is 0 Å². The van der Waals surface area contributed by atoms with E-state index in [0.29, 0.717) is 12.8 Å². The van der Waals surface area contributed by atoms with Gasteiger partial charge in [0.05, 0.1) is 6.61 Å². The first-order chi connectivity index (χ1) is 37.1. The van der Waals surface area contributed by atoms with Crippen LogP contribution in [0.3, 0.4) is 0 Å². The summed E-state index contributed by atoms with van der Waals surface area (Å²) in [4.78, 5) is 24.6. The van der Waals surface area contributed by atoms with Crippen molar-refractivity contribution in [3.05, 3.63) is 85.1 Å². The smallest absolute Gasteiger partial charge is 0.306 e. The number of hydrogen-bond donors (Lipinski definition) is 1. The molecule has 75 heavy (non-hydrogen) atoms. The molecule has 1 N–H and O–H groups in total. The molecule has 0 spiro atoms. The highest BCUT2D eigenvalue weighted by Gasteiger charge is 2.16. The van der Waals surface area contributed by atoms with Gasteiger partial charge in [0.25, 0.3) is 0 Å². The third-order valence-electron chi connectivity index (χ3n) is 14.5. The molecule has 0 bridgehead atoms. The molecule has 0 aliphatic heterocycles. The Hall–Kier alpha value is -2.92. The van der Waals surface area contributed by atoms with E-state index >= 15 is 0 Å². The van der Waals surface area contributed by atoms with Crippen LogP contribution in [0.15, 0.2) is 85.1 Å². The second-order valence-corrected chi connectivity index (χ2v) is 21.8. The van der Waals surface area contributed by atoms with Crippen molar-refractivity contribution in [2.45, 2.75) is 335 Å². The predicted octanol–water partition coefficient (Wildman–Crippen LogP) is 22.5. The van der Waals surface area contributed by atoms with Gasteiger partial charge in [0.15, 0.2) is 6.10 Å². The number of allylic oxidation sites excluding steroid dienone is 14. The Balaban J connectivity index is 3.47. The molecule has 0 heterocycles. The van der Waals surface area contributed by atoms with Gasteiger partial charge in [0.1, 0.15) is 6.61 Å². The predicted molar refractivity (Wildman–Crippen MR) is 329 cm³/mol. The van der Waals surface area contributed by atoms with Gasteiger partial charge in [-0.2, -0.15) is 0 Å². The number of rotatable bonds is 60. The van der Waals surface area contributed by atoms with E-state index in [4.69, 9.17) is 9.47 Å². The molecule has 5 nitrogen and oxygen atoms in total. The molecule has 434 valence electrons. The minimum atomic E-state index is -0.775. The number of carbonyl (C=O) groups excluding carboxylic acids is 2. The highest BCUT2D eigenvalue weighted by atomic mass is 16.6. The van der Waals surface area contributed by atoms with Crippen LogP contribution in [0, 0.1) is 0 Å². The van der Waals surface area contributed by atoms with Gasteiger partial charge in [-0.05, 0) is 70.6 Å². The van der Waals surface area contributed by atoms with Crippen LogP contribution in [0.2, 0.25) is 0 Å². The number of carbonyl (C=O) groups is 2. The molecule has 0 saturated heterocycles. The van der Waals surface area contributed by atoms with Crippen LogP contribution in [0.4, 0.5) is 0 Å². The molecule has 0 aromatic heterocycles. The van der Waals surface area contributed by atoms with Gasteiger partial charge in [-0.1, -0.05) is 330 Å². The molecule has 0 radical (unpaired) electrons. The lowest BCUT2D eigenvalue weighted by Crippen LogP contribution is -2.28. The Morgan fingerprint density at radius 2 is 0.573 bits per heavy atom. The van der Waals surface area contributed by atoms with Crippen molar-refractivity contribution in [3.63, 3.8) is 0 Å². The monoisotopic (exact) mass is 1040 g/mol. The van der Waals surface area contributed by atoms with Crippen LogP contribution < -0.4 is 0 Å². The minimum absolute atomic E-state index is 0.0645. The van der Waals surface area contributed by atoms with Crippen molar-refractivity contribution in [1.82, 2.24) is 0 Å². The van der Waals surface area contributed by atoms with Gasteiger partial charge < -0.3 is 14.6 Å². The Labute approximate surface area is 466 Å². The SMILES string of the molecule is CC/C=C\C/C=C\C/C=C\C/C=C\C/C=C\C/C=C\C/C=C\CCCCCCCCCCCCCCCC(=O)OC(CO)COC(=O)CCCCCCCCCCCCCCCCCCCCCCCCCCCC. The lowest BCUT2D eigenvalue weighted by Gasteiger charge is -2.15. The molecule has 0 amide bonds. The van der Waals surface area contributed by atoms with Crippen molar-refractivity contribution in [1.29, 1.82) is 0 Å². The van der Waals surface area contributed by atoms with Crippen molar-refractivity contribution in [3.8, 4) is 0 Å². The fourth-order valence-electron chi connectivity index (χ4n) is 9.60. The molecule has 0 aliphatic rings. The Kier molecular flexibility index (Phi) is 62.8. The Morgan fingerprint density at radius 3 is 0.867 bits per heavy atom. The van der Waals surface area contributed by atoms with Crippen molar-refractivity contribution in [2.75, 3.05) is 13.2 Å². The lowest BCUT2D eigenvalue weighted by atomic mass is 10.0. The second-order valence-electron chi connectivity index (χ2n) is 21.8. The van der Waals surface area contributed by atoms with Crippen LogP contribution in [0.5, 0.6) is 0 Å². The molecule has 0 aliphatic carbocycles. The van der Waals surface area contributed by atoms with Gasteiger partial charge in [-0.15, -0.1) is 0 Å². The maximum Gasteiger partial charge on any atom is 0.306 e. The van der Waals surface area contributed by atoms with Crippen molar-refractivity contribution in [2.24, 2.45) is 0 Å². The zero-order valence-corrected chi connectivity index (χ0v) is 49.8. The van der Waals surface area contributed by atoms with E-state index in [-0.39, 0.29) is 25.2 Å². The van der Waals surface area contributed by atoms with E-state index in [2.05, 4.69) is 98.9 Å². The topological polar surface area (TPSA) is 72.8 Å². The van der Waals surface area contributed by atoms with E-state index in [1.54, 1.807) is 0 Å². The molecule has 1 unspecified atom stereocenters. The van der Waals surface area contributed by atoms with E-state index in [1.165, 1.54) is 218 Å². The molecule has 0 rings (SSSR count). The first kappa shape index (κ1) is 72.1. The maximum atomic E-state index is 12.3. The average Bonchev–Trinajstić information content (AvgIpc) is 3.41. The minimum Gasteiger partial charge on any atom is -0.462 e.